The minimum absolute atomic E-state index is 0.116. The first-order valence-corrected chi connectivity index (χ1v) is 9.17. The number of hydrogen-bond acceptors (Lipinski definition) is 7. The molecule has 3 N–H and O–H groups in total. The van der Waals surface area contributed by atoms with E-state index in [9.17, 15) is 14.4 Å². The molecule has 27 heavy (non-hydrogen) atoms. The molecule has 2 amide bonds. The number of thioether (sulfide) groups is 1. The number of aromatic nitrogens is 3. The first kappa shape index (κ1) is 18.6. The minimum atomic E-state index is -0.639. The van der Waals surface area contributed by atoms with Crippen LogP contribution in [0.25, 0.3) is 10.9 Å². The Morgan fingerprint density at radius 1 is 1.33 bits per heavy atom. The lowest BCUT2D eigenvalue weighted by molar-refractivity contribution is -0.118. The zero-order valence-electron chi connectivity index (χ0n) is 14.5. The molecule has 0 spiro atoms. The lowest BCUT2D eigenvalue weighted by Gasteiger charge is -2.11. The van der Waals surface area contributed by atoms with E-state index in [1.165, 1.54) is 16.3 Å². The summed E-state index contributed by atoms with van der Waals surface area (Å²) in [4.78, 5) is 40.4. The maximum absolute atomic E-state index is 12.6. The van der Waals surface area contributed by atoms with Crippen molar-refractivity contribution >= 4 is 40.3 Å². The van der Waals surface area contributed by atoms with Crippen molar-refractivity contribution in [3.05, 3.63) is 52.3 Å². The highest BCUT2D eigenvalue weighted by Gasteiger charge is 2.14. The van der Waals surface area contributed by atoms with E-state index >= 15 is 0 Å². The topological polar surface area (TPSA) is 133 Å². The van der Waals surface area contributed by atoms with Crippen LogP contribution < -0.4 is 16.6 Å². The van der Waals surface area contributed by atoms with Crippen LogP contribution in [0, 0.1) is 6.92 Å². The number of nitrogens with two attached hydrogens (primary N) is 1. The second-order valence-corrected chi connectivity index (χ2v) is 6.75. The summed E-state index contributed by atoms with van der Waals surface area (Å²) in [6, 6.07) is 8.48. The fraction of sp³-hybridized carbons (Fsp3) is 0.235. The van der Waals surface area contributed by atoms with Gasteiger partial charge in [0.15, 0.2) is 5.82 Å². The molecule has 0 aliphatic rings. The normalized spacial score (nSPS) is 10.9. The fourth-order valence-electron chi connectivity index (χ4n) is 2.48. The molecule has 0 aliphatic heterocycles. The van der Waals surface area contributed by atoms with Gasteiger partial charge in [0.05, 0.1) is 22.4 Å². The summed E-state index contributed by atoms with van der Waals surface area (Å²) in [5, 5.41) is 6.71. The standard InChI is InChI=1S/C17H17N5O4S/c1-10-6-14(21-26-10)20-16(24)9-27-8-15-19-12-5-3-2-4-11(12)17(25)22(15)7-13(18)23/h2-6H,7-9H2,1H3,(H2,18,23)(H,20,21,24). The summed E-state index contributed by atoms with van der Waals surface area (Å²) in [7, 11) is 0. The number of rotatable bonds is 7. The van der Waals surface area contributed by atoms with Crippen molar-refractivity contribution in [2.24, 2.45) is 5.73 Å². The number of aryl methyl sites for hydroxylation is 1. The summed E-state index contributed by atoms with van der Waals surface area (Å²) in [6.07, 6.45) is 0. The van der Waals surface area contributed by atoms with E-state index < -0.39 is 5.91 Å². The van der Waals surface area contributed by atoms with Crippen molar-refractivity contribution in [2.45, 2.75) is 19.2 Å². The molecule has 9 nitrogen and oxygen atoms in total. The first-order chi connectivity index (χ1) is 12.9. The Labute approximate surface area is 157 Å². The van der Waals surface area contributed by atoms with Crippen LogP contribution in [0.15, 0.2) is 39.6 Å². The quantitative estimate of drug-likeness (QED) is 0.619. The molecule has 0 atom stereocenters. The number of nitrogens with zero attached hydrogens (tertiary/aromatic N) is 3. The van der Waals surface area contributed by atoms with Crippen LogP contribution in [0.5, 0.6) is 0 Å². The van der Waals surface area contributed by atoms with Gasteiger partial charge in [0.2, 0.25) is 11.8 Å². The molecular formula is C17H17N5O4S. The molecule has 0 radical (unpaired) electrons. The molecular weight excluding hydrogens is 370 g/mol. The Morgan fingerprint density at radius 2 is 2.11 bits per heavy atom. The lowest BCUT2D eigenvalue weighted by Crippen LogP contribution is -2.31. The Bertz CT molecular complexity index is 1060. The molecule has 2 heterocycles. The largest absolute Gasteiger partial charge is 0.368 e. The number of hydrogen-bond donors (Lipinski definition) is 2. The van der Waals surface area contributed by atoms with E-state index in [2.05, 4.69) is 15.5 Å². The molecule has 0 aliphatic carbocycles. The number of fused-ring (bicyclic) bond motifs is 1. The molecule has 2 aromatic heterocycles. The van der Waals surface area contributed by atoms with Crippen LogP contribution in [0.1, 0.15) is 11.6 Å². The van der Waals surface area contributed by atoms with Crippen molar-refractivity contribution in [1.29, 1.82) is 0 Å². The van der Waals surface area contributed by atoms with Gasteiger partial charge in [-0.05, 0) is 19.1 Å². The number of anilines is 1. The highest BCUT2D eigenvalue weighted by Crippen LogP contribution is 2.14. The van der Waals surface area contributed by atoms with E-state index in [0.717, 1.165) is 0 Å². The van der Waals surface area contributed by atoms with E-state index in [1.54, 1.807) is 37.3 Å². The van der Waals surface area contributed by atoms with Gasteiger partial charge in [-0.3, -0.25) is 19.0 Å². The Kier molecular flexibility index (Phi) is 5.55. The predicted octanol–water partition coefficient (Wildman–Crippen LogP) is 1.05. The average molecular weight is 387 g/mol. The van der Waals surface area contributed by atoms with E-state index in [-0.39, 0.29) is 29.5 Å². The van der Waals surface area contributed by atoms with E-state index in [1.807, 2.05) is 0 Å². The van der Waals surface area contributed by atoms with Crippen LogP contribution in [0.3, 0.4) is 0 Å². The number of primary amides is 1. The molecule has 140 valence electrons. The SMILES string of the molecule is Cc1cc(NC(=O)CSCc2nc3ccccc3c(=O)n2CC(N)=O)no1. The van der Waals surface area contributed by atoms with Crippen LogP contribution >= 0.6 is 11.8 Å². The van der Waals surface area contributed by atoms with Gasteiger partial charge in [0.1, 0.15) is 18.1 Å². The van der Waals surface area contributed by atoms with Gasteiger partial charge in [-0.25, -0.2) is 4.98 Å². The smallest absolute Gasteiger partial charge is 0.261 e. The molecule has 0 saturated carbocycles. The predicted molar refractivity (Wildman–Crippen MR) is 101 cm³/mol. The van der Waals surface area contributed by atoms with E-state index in [0.29, 0.717) is 28.3 Å². The minimum Gasteiger partial charge on any atom is -0.368 e. The summed E-state index contributed by atoms with van der Waals surface area (Å²) >= 11 is 1.25. The molecule has 0 fully saturated rings. The Morgan fingerprint density at radius 3 is 2.81 bits per heavy atom. The molecule has 0 unspecified atom stereocenters. The highest BCUT2D eigenvalue weighted by atomic mass is 32.2. The van der Waals surface area contributed by atoms with Gasteiger partial charge < -0.3 is 15.6 Å². The van der Waals surface area contributed by atoms with Gasteiger partial charge in [-0.1, -0.05) is 17.3 Å². The van der Waals surface area contributed by atoms with Gasteiger partial charge in [0.25, 0.3) is 5.56 Å². The Hall–Kier alpha value is -3.14. The second kappa shape index (κ2) is 8.04. The van der Waals surface area contributed by atoms with Crippen molar-refractivity contribution in [3.63, 3.8) is 0 Å². The average Bonchev–Trinajstić information content (AvgIpc) is 3.02. The van der Waals surface area contributed by atoms with Crippen LogP contribution in [-0.2, 0) is 21.9 Å². The molecule has 0 bridgehead atoms. The second-order valence-electron chi connectivity index (χ2n) is 5.77. The number of benzene rings is 1. The maximum Gasteiger partial charge on any atom is 0.261 e. The van der Waals surface area contributed by atoms with Crippen molar-refractivity contribution in [2.75, 3.05) is 11.1 Å². The van der Waals surface area contributed by atoms with Crippen molar-refractivity contribution in [1.82, 2.24) is 14.7 Å². The number of carbonyl (C=O) groups is 2. The van der Waals surface area contributed by atoms with E-state index in [4.69, 9.17) is 10.3 Å². The summed E-state index contributed by atoms with van der Waals surface area (Å²) in [6.45, 7) is 1.46. The van der Waals surface area contributed by atoms with Gasteiger partial charge in [0, 0.05) is 6.07 Å². The first-order valence-electron chi connectivity index (χ1n) is 8.01. The summed E-state index contributed by atoms with van der Waals surface area (Å²) in [5.41, 5.74) is 5.45. The molecule has 1 aromatic carbocycles. The lowest BCUT2D eigenvalue weighted by atomic mass is 10.2. The molecule has 0 saturated heterocycles. The summed E-state index contributed by atoms with van der Waals surface area (Å²) < 4.78 is 6.13. The molecule has 10 heteroatoms. The number of para-hydroxylation sites is 1. The van der Waals surface area contributed by atoms with Gasteiger partial charge in [-0.15, -0.1) is 11.8 Å². The third kappa shape index (κ3) is 4.53. The number of amides is 2. The maximum atomic E-state index is 12.6. The summed E-state index contributed by atoms with van der Waals surface area (Å²) in [5.74, 6) is 0.787. The number of nitrogens with one attached hydrogen (secondary N) is 1. The van der Waals surface area contributed by atoms with Crippen LogP contribution in [-0.4, -0.2) is 32.3 Å². The van der Waals surface area contributed by atoms with Gasteiger partial charge >= 0.3 is 0 Å². The van der Waals surface area contributed by atoms with Gasteiger partial charge in [-0.2, -0.15) is 0 Å². The zero-order chi connectivity index (χ0) is 19.4. The van der Waals surface area contributed by atoms with Crippen LogP contribution in [0.2, 0.25) is 0 Å². The highest BCUT2D eigenvalue weighted by molar-refractivity contribution is 7.99. The van der Waals surface area contributed by atoms with Crippen molar-refractivity contribution < 1.29 is 14.1 Å². The third-order valence-corrected chi connectivity index (χ3v) is 4.54. The zero-order valence-corrected chi connectivity index (χ0v) is 15.3. The number of carbonyl (C=O) groups excluding carboxylic acids is 2. The molecule has 3 aromatic rings. The fourth-order valence-corrected chi connectivity index (χ4v) is 3.24. The monoisotopic (exact) mass is 387 g/mol. The van der Waals surface area contributed by atoms with Crippen LogP contribution in [0.4, 0.5) is 5.82 Å². The third-order valence-electron chi connectivity index (χ3n) is 3.61. The Balaban J connectivity index is 1.74. The van der Waals surface area contributed by atoms with Crippen molar-refractivity contribution in [3.8, 4) is 0 Å². The molecule has 3 rings (SSSR count).